The predicted octanol–water partition coefficient (Wildman–Crippen LogP) is 8.38. The van der Waals surface area contributed by atoms with Gasteiger partial charge in [-0.3, -0.25) is 4.72 Å². The monoisotopic (exact) mass is 621 g/mol. The van der Waals surface area contributed by atoms with E-state index in [4.69, 9.17) is 9.47 Å². The fourth-order valence-electron chi connectivity index (χ4n) is 4.29. The Bertz CT molecular complexity index is 1830. The Kier molecular flexibility index (Phi) is 8.68. The van der Waals surface area contributed by atoms with Crippen LogP contribution in [0.5, 0.6) is 11.5 Å². The van der Waals surface area contributed by atoms with Crippen molar-refractivity contribution in [3.05, 3.63) is 155 Å². The van der Waals surface area contributed by atoms with Crippen LogP contribution in [0.15, 0.2) is 132 Å². The number of carbonyl (C=O) groups is 1. The molecule has 0 unspecified atom stereocenters. The molecule has 0 radical (unpaired) electrons. The summed E-state index contributed by atoms with van der Waals surface area (Å²) < 4.78 is 94.0. The molecule has 0 saturated heterocycles. The number of hydrogen-bond acceptors (Lipinski definition) is 5. The second kappa shape index (κ2) is 12.6. The molecular weight excluding hydrogens is 598 g/mol. The summed E-state index contributed by atoms with van der Waals surface area (Å²) in [4.78, 5) is 13.1. The maximum atomic E-state index is 13.6. The van der Waals surface area contributed by atoms with Crippen molar-refractivity contribution < 1.29 is 40.2 Å². The summed E-state index contributed by atoms with van der Waals surface area (Å²) in [7, 11) is -4.47. The molecule has 0 aliphatic rings. The molecule has 0 amide bonds. The summed E-state index contributed by atoms with van der Waals surface area (Å²) >= 11 is 0. The number of benzene rings is 5. The molecule has 1 N–H and O–H groups in total. The maximum absolute atomic E-state index is 13.6. The topological polar surface area (TPSA) is 81.7 Å². The Balaban J connectivity index is 1.49. The summed E-state index contributed by atoms with van der Waals surface area (Å²) in [6.07, 6.45) is -5.60. The SMILES string of the molecule is O=C(OC(c1ccccc1)c1ccccc1)c1ccccc1Oc1ccc(C(F)(F)F)cc1NS(=O)(=O)c1ccc(F)cc1. The van der Waals surface area contributed by atoms with Gasteiger partial charge in [0.15, 0.2) is 11.9 Å². The molecule has 5 aromatic carbocycles. The highest BCUT2D eigenvalue weighted by atomic mass is 32.2. The Hall–Kier alpha value is -5.16. The molecule has 0 aliphatic heterocycles. The first-order chi connectivity index (χ1) is 21.0. The Morgan fingerprint density at radius 2 is 1.27 bits per heavy atom. The fourth-order valence-corrected chi connectivity index (χ4v) is 5.35. The van der Waals surface area contributed by atoms with E-state index in [1.54, 1.807) is 54.6 Å². The first kappa shape index (κ1) is 30.3. The number of anilines is 1. The summed E-state index contributed by atoms with van der Waals surface area (Å²) in [5.74, 6) is -1.91. The van der Waals surface area contributed by atoms with E-state index in [0.29, 0.717) is 23.3 Å². The van der Waals surface area contributed by atoms with E-state index >= 15 is 0 Å². The zero-order valence-corrected chi connectivity index (χ0v) is 23.5. The molecule has 224 valence electrons. The van der Waals surface area contributed by atoms with Crippen LogP contribution in [0, 0.1) is 5.82 Å². The van der Waals surface area contributed by atoms with Gasteiger partial charge in [-0.25, -0.2) is 17.6 Å². The lowest BCUT2D eigenvalue weighted by atomic mass is 10.0. The van der Waals surface area contributed by atoms with Gasteiger partial charge in [0.2, 0.25) is 0 Å². The van der Waals surface area contributed by atoms with E-state index in [1.165, 1.54) is 18.2 Å². The van der Waals surface area contributed by atoms with Crippen molar-refractivity contribution in [1.29, 1.82) is 0 Å². The zero-order valence-electron chi connectivity index (χ0n) is 22.7. The second-order valence-corrected chi connectivity index (χ2v) is 11.2. The molecule has 0 spiro atoms. The number of para-hydroxylation sites is 1. The molecule has 0 bridgehead atoms. The lowest BCUT2D eigenvalue weighted by Gasteiger charge is -2.20. The molecule has 11 heteroatoms. The average Bonchev–Trinajstić information content (AvgIpc) is 3.01. The molecule has 0 saturated carbocycles. The number of nitrogens with one attached hydrogen (secondary N) is 1. The van der Waals surface area contributed by atoms with Gasteiger partial charge in [0.1, 0.15) is 17.1 Å². The van der Waals surface area contributed by atoms with Crippen LogP contribution < -0.4 is 9.46 Å². The quantitative estimate of drug-likeness (QED) is 0.132. The minimum absolute atomic E-state index is 0.0587. The van der Waals surface area contributed by atoms with Crippen LogP contribution in [0.3, 0.4) is 0 Å². The third-order valence-corrected chi connectivity index (χ3v) is 7.81. The van der Waals surface area contributed by atoms with Gasteiger partial charge < -0.3 is 9.47 Å². The van der Waals surface area contributed by atoms with Crippen molar-refractivity contribution in [3.63, 3.8) is 0 Å². The van der Waals surface area contributed by atoms with E-state index < -0.39 is 45.3 Å². The number of carbonyl (C=O) groups excluding carboxylic acids is 1. The number of alkyl halides is 3. The van der Waals surface area contributed by atoms with Crippen molar-refractivity contribution in [2.75, 3.05) is 4.72 Å². The minimum atomic E-state index is -4.81. The third-order valence-electron chi connectivity index (χ3n) is 6.43. The standard InChI is InChI=1S/C33H23F4NO5S/c34-25-16-18-26(19-17-25)44(40,41)38-28-21-24(33(35,36)37)15-20-30(28)42-29-14-8-7-13-27(29)32(39)43-31(22-9-3-1-4-10-22)23-11-5-2-6-12-23/h1-21,31,38H. The number of sulfonamides is 1. The largest absolute Gasteiger partial charge is 0.454 e. The van der Waals surface area contributed by atoms with Crippen molar-refractivity contribution in [1.82, 2.24) is 0 Å². The number of esters is 1. The molecule has 0 fully saturated rings. The van der Waals surface area contributed by atoms with E-state index in [1.807, 2.05) is 12.1 Å². The van der Waals surface area contributed by atoms with Gasteiger partial charge in [-0.1, -0.05) is 72.8 Å². The average molecular weight is 622 g/mol. The van der Waals surface area contributed by atoms with Crippen molar-refractivity contribution in [3.8, 4) is 11.5 Å². The lowest BCUT2D eigenvalue weighted by Crippen LogP contribution is -2.15. The molecule has 0 atom stereocenters. The number of ether oxygens (including phenoxy) is 2. The highest BCUT2D eigenvalue weighted by molar-refractivity contribution is 7.92. The van der Waals surface area contributed by atoms with Crippen LogP contribution in [0.25, 0.3) is 0 Å². The van der Waals surface area contributed by atoms with Gasteiger partial charge in [-0.15, -0.1) is 0 Å². The second-order valence-electron chi connectivity index (χ2n) is 9.47. The molecule has 44 heavy (non-hydrogen) atoms. The first-order valence-corrected chi connectivity index (χ1v) is 14.6. The van der Waals surface area contributed by atoms with Crippen molar-refractivity contribution in [2.45, 2.75) is 17.2 Å². The van der Waals surface area contributed by atoms with Crippen LogP contribution >= 0.6 is 0 Å². The predicted molar refractivity (Wildman–Crippen MR) is 155 cm³/mol. The summed E-state index contributed by atoms with van der Waals surface area (Å²) in [5.41, 5.74) is -0.366. The maximum Gasteiger partial charge on any atom is 0.416 e. The fraction of sp³-hybridized carbons (Fsp3) is 0.0606. The van der Waals surface area contributed by atoms with Crippen molar-refractivity contribution >= 4 is 21.7 Å². The van der Waals surface area contributed by atoms with Crippen LogP contribution in [0.4, 0.5) is 23.2 Å². The summed E-state index contributed by atoms with van der Waals surface area (Å²) in [5, 5.41) is 0. The van der Waals surface area contributed by atoms with E-state index in [-0.39, 0.29) is 22.0 Å². The molecule has 0 aliphatic carbocycles. The van der Waals surface area contributed by atoms with Gasteiger partial charge in [0.25, 0.3) is 10.0 Å². The Morgan fingerprint density at radius 3 is 1.86 bits per heavy atom. The summed E-state index contributed by atoms with van der Waals surface area (Å²) in [6.45, 7) is 0. The number of halogens is 4. The first-order valence-electron chi connectivity index (χ1n) is 13.1. The zero-order chi connectivity index (χ0) is 31.3. The Labute approximate surface area is 250 Å². The highest BCUT2D eigenvalue weighted by Gasteiger charge is 2.32. The van der Waals surface area contributed by atoms with Gasteiger partial charge in [-0.2, -0.15) is 13.2 Å². The van der Waals surface area contributed by atoms with Crippen LogP contribution in [0.1, 0.15) is 33.2 Å². The number of rotatable bonds is 9. The van der Waals surface area contributed by atoms with Crippen LogP contribution in [0.2, 0.25) is 0 Å². The van der Waals surface area contributed by atoms with E-state index in [0.717, 1.165) is 30.3 Å². The molecule has 0 heterocycles. The van der Waals surface area contributed by atoms with Crippen LogP contribution in [-0.4, -0.2) is 14.4 Å². The number of hydrogen-bond donors (Lipinski definition) is 1. The van der Waals surface area contributed by atoms with E-state index in [9.17, 15) is 30.8 Å². The minimum Gasteiger partial charge on any atom is -0.454 e. The van der Waals surface area contributed by atoms with Crippen molar-refractivity contribution in [2.24, 2.45) is 0 Å². The lowest BCUT2D eigenvalue weighted by molar-refractivity contribution is -0.137. The molecular formula is C33H23F4NO5S. The van der Waals surface area contributed by atoms with Crippen LogP contribution in [-0.2, 0) is 20.9 Å². The third kappa shape index (κ3) is 7.07. The van der Waals surface area contributed by atoms with Gasteiger partial charge in [0.05, 0.1) is 16.1 Å². The Morgan fingerprint density at radius 1 is 0.705 bits per heavy atom. The van der Waals surface area contributed by atoms with Gasteiger partial charge in [-0.05, 0) is 65.7 Å². The highest BCUT2D eigenvalue weighted by Crippen LogP contribution is 2.39. The molecule has 5 rings (SSSR count). The smallest absolute Gasteiger partial charge is 0.416 e. The molecule has 5 aromatic rings. The molecule has 0 aromatic heterocycles. The van der Waals surface area contributed by atoms with E-state index in [2.05, 4.69) is 4.72 Å². The summed E-state index contributed by atoms with van der Waals surface area (Å²) in [6, 6.07) is 29.9. The normalized spacial score (nSPS) is 11.7. The molecule has 6 nitrogen and oxygen atoms in total. The van der Waals surface area contributed by atoms with Gasteiger partial charge >= 0.3 is 12.1 Å². The van der Waals surface area contributed by atoms with Gasteiger partial charge in [0, 0.05) is 0 Å².